The maximum absolute atomic E-state index is 12.2. The van der Waals surface area contributed by atoms with E-state index in [1.54, 1.807) is 19.2 Å². The quantitative estimate of drug-likeness (QED) is 0.800. The maximum atomic E-state index is 12.2. The number of carbonyl (C=O) groups excluding carboxylic acids is 1. The largest absolute Gasteiger partial charge is 0.495 e. The number of hydrogen-bond acceptors (Lipinski definition) is 4. The highest BCUT2D eigenvalue weighted by Crippen LogP contribution is 2.26. The van der Waals surface area contributed by atoms with Crippen LogP contribution in [0.5, 0.6) is 5.75 Å². The first-order chi connectivity index (χ1) is 9.78. The molecule has 3 rings (SSSR count). The van der Waals surface area contributed by atoms with Crippen LogP contribution in [0, 0.1) is 0 Å². The molecule has 3 aromatic rings. The third-order valence-corrected chi connectivity index (χ3v) is 3.88. The molecule has 5 heteroatoms. The van der Waals surface area contributed by atoms with Crippen molar-refractivity contribution in [2.75, 3.05) is 12.4 Å². The van der Waals surface area contributed by atoms with Gasteiger partial charge in [-0.05, 0) is 24.3 Å². The Hall–Kier alpha value is -2.40. The van der Waals surface area contributed by atoms with E-state index in [-0.39, 0.29) is 5.91 Å². The Morgan fingerprint density at radius 2 is 1.90 bits per heavy atom. The molecule has 20 heavy (non-hydrogen) atoms. The zero-order chi connectivity index (χ0) is 13.9. The summed E-state index contributed by atoms with van der Waals surface area (Å²) in [6, 6.07) is 15.0. The number of fused-ring (bicyclic) bond motifs is 1. The number of hydrogen-bond donors (Lipinski definition) is 1. The molecular formula is C15H12N2O2S. The summed E-state index contributed by atoms with van der Waals surface area (Å²) in [6.07, 6.45) is 0. The van der Waals surface area contributed by atoms with Crippen LogP contribution in [0.3, 0.4) is 0 Å². The number of ether oxygens (including phenoxy) is 1. The highest BCUT2D eigenvalue weighted by atomic mass is 32.1. The smallest absolute Gasteiger partial charge is 0.284 e. The molecule has 0 saturated heterocycles. The van der Waals surface area contributed by atoms with Gasteiger partial charge in [0.15, 0.2) is 5.01 Å². The lowest BCUT2D eigenvalue weighted by Crippen LogP contribution is -2.12. The van der Waals surface area contributed by atoms with Crippen molar-refractivity contribution in [3.63, 3.8) is 0 Å². The van der Waals surface area contributed by atoms with Crippen LogP contribution in [-0.2, 0) is 0 Å². The van der Waals surface area contributed by atoms with E-state index in [0.717, 1.165) is 10.2 Å². The molecule has 0 aliphatic carbocycles. The van der Waals surface area contributed by atoms with Crippen LogP contribution < -0.4 is 10.1 Å². The minimum Gasteiger partial charge on any atom is -0.495 e. The number of benzene rings is 2. The minimum absolute atomic E-state index is 0.226. The fourth-order valence-electron chi connectivity index (χ4n) is 1.89. The number of amides is 1. The number of para-hydroxylation sites is 3. The number of nitrogens with one attached hydrogen (secondary N) is 1. The van der Waals surface area contributed by atoms with E-state index < -0.39 is 0 Å². The molecule has 2 aromatic carbocycles. The number of methoxy groups -OCH3 is 1. The van der Waals surface area contributed by atoms with Crippen molar-refractivity contribution >= 4 is 33.1 Å². The van der Waals surface area contributed by atoms with Gasteiger partial charge in [0.1, 0.15) is 5.75 Å². The fraction of sp³-hybridized carbons (Fsp3) is 0.0667. The second-order valence-electron chi connectivity index (χ2n) is 4.14. The summed E-state index contributed by atoms with van der Waals surface area (Å²) in [5.74, 6) is 0.401. The summed E-state index contributed by atoms with van der Waals surface area (Å²) in [7, 11) is 1.57. The first-order valence-electron chi connectivity index (χ1n) is 6.08. The van der Waals surface area contributed by atoms with Crippen LogP contribution in [0.4, 0.5) is 5.69 Å². The average molecular weight is 284 g/mol. The number of anilines is 1. The van der Waals surface area contributed by atoms with E-state index >= 15 is 0 Å². The zero-order valence-corrected chi connectivity index (χ0v) is 11.6. The van der Waals surface area contributed by atoms with Gasteiger partial charge in [0.05, 0.1) is 23.0 Å². The van der Waals surface area contributed by atoms with Crippen molar-refractivity contribution in [1.29, 1.82) is 0 Å². The Morgan fingerprint density at radius 1 is 1.15 bits per heavy atom. The topological polar surface area (TPSA) is 51.2 Å². The second kappa shape index (κ2) is 5.30. The third kappa shape index (κ3) is 2.35. The van der Waals surface area contributed by atoms with E-state index in [1.165, 1.54) is 11.3 Å². The second-order valence-corrected chi connectivity index (χ2v) is 5.17. The molecule has 4 nitrogen and oxygen atoms in total. The van der Waals surface area contributed by atoms with Gasteiger partial charge < -0.3 is 10.1 Å². The van der Waals surface area contributed by atoms with Crippen molar-refractivity contribution in [2.24, 2.45) is 0 Å². The van der Waals surface area contributed by atoms with Gasteiger partial charge in [-0.2, -0.15) is 0 Å². The lowest BCUT2D eigenvalue weighted by atomic mass is 10.3. The SMILES string of the molecule is COc1ccccc1NC(=O)c1nc2ccccc2s1. The monoisotopic (exact) mass is 284 g/mol. The van der Waals surface area contributed by atoms with E-state index in [0.29, 0.717) is 16.4 Å². The predicted octanol–water partition coefficient (Wildman–Crippen LogP) is 3.56. The molecule has 0 saturated carbocycles. The van der Waals surface area contributed by atoms with Gasteiger partial charge in [-0.1, -0.05) is 24.3 Å². The van der Waals surface area contributed by atoms with Crippen molar-refractivity contribution in [3.05, 3.63) is 53.5 Å². The van der Waals surface area contributed by atoms with Gasteiger partial charge >= 0.3 is 0 Å². The van der Waals surface area contributed by atoms with Crippen LogP contribution in [0.1, 0.15) is 9.80 Å². The molecule has 1 aromatic heterocycles. The lowest BCUT2D eigenvalue weighted by molar-refractivity contribution is 0.102. The molecule has 0 bridgehead atoms. The highest BCUT2D eigenvalue weighted by molar-refractivity contribution is 7.20. The summed E-state index contributed by atoms with van der Waals surface area (Å²) in [4.78, 5) is 16.6. The van der Waals surface area contributed by atoms with Gasteiger partial charge in [-0.25, -0.2) is 4.98 Å². The zero-order valence-electron chi connectivity index (χ0n) is 10.8. The van der Waals surface area contributed by atoms with Gasteiger partial charge in [0, 0.05) is 0 Å². The first-order valence-corrected chi connectivity index (χ1v) is 6.89. The summed E-state index contributed by atoms with van der Waals surface area (Å²) < 4.78 is 6.21. The summed E-state index contributed by atoms with van der Waals surface area (Å²) in [6.45, 7) is 0. The molecule has 1 N–H and O–H groups in total. The molecule has 100 valence electrons. The van der Waals surface area contributed by atoms with Gasteiger partial charge in [0.25, 0.3) is 5.91 Å². The van der Waals surface area contributed by atoms with Crippen LogP contribution in [-0.4, -0.2) is 18.0 Å². The van der Waals surface area contributed by atoms with Crippen LogP contribution in [0.25, 0.3) is 10.2 Å². The van der Waals surface area contributed by atoms with E-state index in [1.807, 2.05) is 36.4 Å². The Balaban J connectivity index is 1.89. The van der Waals surface area contributed by atoms with Crippen LogP contribution in [0.15, 0.2) is 48.5 Å². The third-order valence-electron chi connectivity index (χ3n) is 2.84. The van der Waals surface area contributed by atoms with Crippen molar-refractivity contribution in [3.8, 4) is 5.75 Å². The highest BCUT2D eigenvalue weighted by Gasteiger charge is 2.13. The van der Waals surface area contributed by atoms with Gasteiger partial charge in [-0.15, -0.1) is 11.3 Å². The van der Waals surface area contributed by atoms with Gasteiger partial charge in [0.2, 0.25) is 0 Å². The predicted molar refractivity (Wildman–Crippen MR) is 80.6 cm³/mol. The van der Waals surface area contributed by atoms with Crippen molar-refractivity contribution in [2.45, 2.75) is 0 Å². The summed E-state index contributed by atoms with van der Waals surface area (Å²) in [5, 5.41) is 3.26. The van der Waals surface area contributed by atoms with Crippen LogP contribution in [0.2, 0.25) is 0 Å². The first kappa shape index (κ1) is 12.6. The number of rotatable bonds is 3. The number of carbonyl (C=O) groups is 1. The number of nitrogens with zero attached hydrogens (tertiary/aromatic N) is 1. The molecule has 0 fully saturated rings. The molecule has 1 amide bonds. The fourth-order valence-corrected chi connectivity index (χ4v) is 2.75. The Bertz CT molecular complexity index is 734. The lowest BCUT2D eigenvalue weighted by Gasteiger charge is -2.08. The molecule has 1 heterocycles. The molecule has 0 aliphatic rings. The van der Waals surface area contributed by atoms with Crippen molar-refractivity contribution in [1.82, 2.24) is 4.98 Å². The minimum atomic E-state index is -0.226. The Labute approximate surface area is 120 Å². The summed E-state index contributed by atoms with van der Waals surface area (Å²) in [5.41, 5.74) is 1.47. The molecule has 0 aliphatic heterocycles. The maximum Gasteiger partial charge on any atom is 0.284 e. The van der Waals surface area contributed by atoms with E-state index in [2.05, 4.69) is 10.3 Å². The number of thiazole rings is 1. The van der Waals surface area contributed by atoms with Gasteiger partial charge in [-0.3, -0.25) is 4.79 Å². The van der Waals surface area contributed by atoms with E-state index in [4.69, 9.17) is 4.74 Å². The molecule has 0 radical (unpaired) electrons. The summed E-state index contributed by atoms with van der Waals surface area (Å²) >= 11 is 1.37. The standard InChI is InChI=1S/C15H12N2O2S/c1-19-12-8-4-2-6-10(12)16-14(18)15-17-11-7-3-5-9-13(11)20-15/h2-9H,1H3,(H,16,18). The Morgan fingerprint density at radius 3 is 2.70 bits per heavy atom. The molecular weight excluding hydrogens is 272 g/mol. The number of aromatic nitrogens is 1. The molecule has 0 spiro atoms. The van der Waals surface area contributed by atoms with E-state index in [9.17, 15) is 4.79 Å². The Kier molecular flexibility index (Phi) is 3.35. The normalized spacial score (nSPS) is 10.4. The van der Waals surface area contributed by atoms with Crippen LogP contribution >= 0.6 is 11.3 Å². The van der Waals surface area contributed by atoms with Crippen molar-refractivity contribution < 1.29 is 9.53 Å². The molecule has 0 atom stereocenters. The molecule has 0 unspecified atom stereocenters. The average Bonchev–Trinajstić information content (AvgIpc) is 2.92.